The van der Waals surface area contributed by atoms with Gasteiger partial charge in [-0.15, -0.1) is 0 Å². The predicted molar refractivity (Wildman–Crippen MR) is 89.3 cm³/mol. The first-order chi connectivity index (χ1) is 11.2. The Hall–Kier alpha value is -0.650. The smallest absolute Gasteiger partial charge is 0.224 e. The van der Waals surface area contributed by atoms with Crippen molar-refractivity contribution in [1.82, 2.24) is 10.2 Å². The molecule has 5 nitrogen and oxygen atoms in total. The van der Waals surface area contributed by atoms with Crippen molar-refractivity contribution < 1.29 is 14.3 Å². The minimum Gasteiger partial charge on any atom is -0.378 e. The quantitative estimate of drug-likeness (QED) is 0.840. The van der Waals surface area contributed by atoms with Crippen molar-refractivity contribution in [2.75, 3.05) is 32.9 Å². The second-order valence-electron chi connectivity index (χ2n) is 7.52. The molecule has 0 radical (unpaired) electrons. The van der Waals surface area contributed by atoms with E-state index in [9.17, 15) is 4.79 Å². The molecule has 3 fully saturated rings. The molecular weight excluding hydrogens is 292 g/mol. The van der Waals surface area contributed by atoms with Crippen molar-refractivity contribution in [1.29, 1.82) is 0 Å². The Morgan fingerprint density at radius 3 is 2.65 bits per heavy atom. The maximum Gasteiger partial charge on any atom is 0.224 e. The zero-order chi connectivity index (χ0) is 16.1. The summed E-state index contributed by atoms with van der Waals surface area (Å²) in [6, 6.07) is 0.582. The molecule has 0 aromatic rings. The van der Waals surface area contributed by atoms with Crippen molar-refractivity contribution in [3.8, 4) is 0 Å². The molecule has 2 aliphatic heterocycles. The summed E-state index contributed by atoms with van der Waals surface area (Å²) in [6.45, 7) is 6.22. The summed E-state index contributed by atoms with van der Waals surface area (Å²) in [6.07, 6.45) is 7.80. The van der Waals surface area contributed by atoms with Crippen LogP contribution in [0.15, 0.2) is 0 Å². The summed E-state index contributed by atoms with van der Waals surface area (Å²) >= 11 is 0. The molecule has 3 aliphatic rings. The van der Waals surface area contributed by atoms with Crippen LogP contribution in [0.2, 0.25) is 0 Å². The van der Waals surface area contributed by atoms with Gasteiger partial charge in [-0.25, -0.2) is 0 Å². The van der Waals surface area contributed by atoms with E-state index in [1.165, 1.54) is 12.8 Å². The average Bonchev–Trinajstić information content (AvgIpc) is 3.08. The highest BCUT2D eigenvalue weighted by Crippen LogP contribution is 2.29. The summed E-state index contributed by atoms with van der Waals surface area (Å²) in [7, 11) is 0. The van der Waals surface area contributed by atoms with Crippen molar-refractivity contribution in [3.05, 3.63) is 0 Å². The standard InChI is InChI=1S/C18H32N2O3/c1-14-4-6-16(7-5-14)20(12-17-3-2-9-23-17)18(21)11-15-13-22-10-8-19-15/h14-17,19H,2-13H2,1H3. The number of morpholine rings is 1. The Balaban J connectivity index is 1.59. The van der Waals surface area contributed by atoms with E-state index in [0.717, 1.165) is 57.9 Å². The van der Waals surface area contributed by atoms with Gasteiger partial charge in [0.2, 0.25) is 5.91 Å². The van der Waals surface area contributed by atoms with Gasteiger partial charge < -0.3 is 19.7 Å². The average molecular weight is 324 g/mol. The Kier molecular flexibility index (Phi) is 6.31. The number of hydrogen-bond acceptors (Lipinski definition) is 4. The normalized spacial score (nSPS) is 35.2. The monoisotopic (exact) mass is 324 g/mol. The van der Waals surface area contributed by atoms with Crippen molar-refractivity contribution in [2.24, 2.45) is 5.92 Å². The second kappa shape index (κ2) is 8.45. The lowest BCUT2D eigenvalue weighted by Gasteiger charge is -2.38. The molecule has 0 bridgehead atoms. The van der Waals surface area contributed by atoms with E-state index in [1.807, 2.05) is 0 Å². The van der Waals surface area contributed by atoms with E-state index in [4.69, 9.17) is 9.47 Å². The third-order valence-corrected chi connectivity index (χ3v) is 5.59. The first kappa shape index (κ1) is 17.2. The molecule has 5 heteroatoms. The summed E-state index contributed by atoms with van der Waals surface area (Å²) < 4.78 is 11.3. The van der Waals surface area contributed by atoms with Crippen LogP contribution >= 0.6 is 0 Å². The van der Waals surface area contributed by atoms with Gasteiger partial charge in [-0.3, -0.25) is 4.79 Å². The first-order valence-corrected chi connectivity index (χ1v) is 9.44. The molecule has 2 unspecified atom stereocenters. The number of carbonyl (C=O) groups excluding carboxylic acids is 1. The zero-order valence-electron chi connectivity index (χ0n) is 14.5. The highest BCUT2D eigenvalue weighted by molar-refractivity contribution is 5.77. The van der Waals surface area contributed by atoms with Crippen LogP contribution in [0.25, 0.3) is 0 Å². The molecule has 2 saturated heterocycles. The highest BCUT2D eigenvalue weighted by atomic mass is 16.5. The first-order valence-electron chi connectivity index (χ1n) is 9.44. The predicted octanol–water partition coefficient (Wildman–Crippen LogP) is 1.95. The molecule has 132 valence electrons. The third kappa shape index (κ3) is 4.91. The molecule has 1 saturated carbocycles. The van der Waals surface area contributed by atoms with Crippen molar-refractivity contribution in [2.45, 2.75) is 70.1 Å². The molecule has 1 amide bonds. The Labute approximate surface area is 140 Å². The number of nitrogens with one attached hydrogen (secondary N) is 1. The van der Waals surface area contributed by atoms with Crippen LogP contribution in [0.1, 0.15) is 51.9 Å². The highest BCUT2D eigenvalue weighted by Gasteiger charge is 2.32. The number of hydrogen-bond donors (Lipinski definition) is 1. The van der Waals surface area contributed by atoms with Gasteiger partial charge in [0, 0.05) is 38.2 Å². The van der Waals surface area contributed by atoms with Crippen LogP contribution in [0, 0.1) is 5.92 Å². The van der Waals surface area contributed by atoms with Crippen LogP contribution < -0.4 is 5.32 Å². The lowest BCUT2D eigenvalue weighted by Crippen LogP contribution is -2.50. The maximum absolute atomic E-state index is 13.0. The Bertz CT molecular complexity index is 370. The summed E-state index contributed by atoms with van der Waals surface area (Å²) in [5, 5.41) is 3.40. The fraction of sp³-hybridized carbons (Fsp3) is 0.944. The van der Waals surface area contributed by atoms with Crippen LogP contribution in [-0.4, -0.2) is 61.9 Å². The number of carbonyl (C=O) groups is 1. The van der Waals surface area contributed by atoms with Gasteiger partial charge in [0.15, 0.2) is 0 Å². The molecule has 0 aromatic heterocycles. The van der Waals surface area contributed by atoms with Crippen molar-refractivity contribution in [3.63, 3.8) is 0 Å². The SMILES string of the molecule is CC1CCC(N(CC2CCCO2)C(=O)CC2COCCN2)CC1. The van der Waals surface area contributed by atoms with E-state index in [-0.39, 0.29) is 18.1 Å². The molecule has 2 heterocycles. The van der Waals surface area contributed by atoms with E-state index in [2.05, 4.69) is 17.1 Å². The maximum atomic E-state index is 13.0. The summed E-state index contributed by atoms with van der Waals surface area (Å²) in [4.78, 5) is 15.1. The van der Waals surface area contributed by atoms with Crippen LogP contribution in [0.3, 0.4) is 0 Å². The second-order valence-corrected chi connectivity index (χ2v) is 7.52. The Morgan fingerprint density at radius 2 is 2.00 bits per heavy atom. The van der Waals surface area contributed by atoms with Gasteiger partial charge in [-0.1, -0.05) is 6.92 Å². The fourth-order valence-corrected chi connectivity index (χ4v) is 4.10. The molecule has 0 spiro atoms. The van der Waals surface area contributed by atoms with Crippen molar-refractivity contribution >= 4 is 5.91 Å². The number of rotatable bonds is 5. The van der Waals surface area contributed by atoms with Gasteiger partial charge in [0.25, 0.3) is 0 Å². The summed E-state index contributed by atoms with van der Waals surface area (Å²) in [5.41, 5.74) is 0. The third-order valence-electron chi connectivity index (χ3n) is 5.59. The molecule has 1 N–H and O–H groups in total. The van der Waals surface area contributed by atoms with Crippen LogP contribution in [0.5, 0.6) is 0 Å². The Morgan fingerprint density at radius 1 is 1.17 bits per heavy atom. The van der Waals surface area contributed by atoms with Crippen LogP contribution in [-0.2, 0) is 14.3 Å². The lowest BCUT2D eigenvalue weighted by atomic mass is 9.86. The minimum atomic E-state index is 0.172. The van der Waals surface area contributed by atoms with Gasteiger partial charge in [-0.05, 0) is 44.4 Å². The zero-order valence-corrected chi connectivity index (χ0v) is 14.5. The largest absolute Gasteiger partial charge is 0.378 e. The number of nitrogens with zero attached hydrogens (tertiary/aromatic N) is 1. The molecular formula is C18H32N2O3. The molecule has 2 atom stereocenters. The van der Waals surface area contributed by atoms with E-state index in [1.54, 1.807) is 0 Å². The minimum absolute atomic E-state index is 0.172. The van der Waals surface area contributed by atoms with E-state index in [0.29, 0.717) is 19.1 Å². The lowest BCUT2D eigenvalue weighted by molar-refractivity contribution is -0.137. The molecule has 23 heavy (non-hydrogen) atoms. The number of amides is 1. The van der Waals surface area contributed by atoms with E-state index < -0.39 is 0 Å². The van der Waals surface area contributed by atoms with E-state index >= 15 is 0 Å². The summed E-state index contributed by atoms with van der Waals surface area (Å²) in [5.74, 6) is 1.09. The molecule has 0 aromatic carbocycles. The van der Waals surface area contributed by atoms with Gasteiger partial charge in [0.05, 0.1) is 19.3 Å². The van der Waals surface area contributed by atoms with Gasteiger partial charge >= 0.3 is 0 Å². The van der Waals surface area contributed by atoms with Gasteiger partial charge in [0.1, 0.15) is 0 Å². The molecule has 3 rings (SSSR count). The molecule has 1 aliphatic carbocycles. The topological polar surface area (TPSA) is 50.8 Å². The number of ether oxygens (including phenoxy) is 2. The van der Waals surface area contributed by atoms with Gasteiger partial charge in [-0.2, -0.15) is 0 Å². The van der Waals surface area contributed by atoms with Crippen LogP contribution in [0.4, 0.5) is 0 Å². The fourth-order valence-electron chi connectivity index (χ4n) is 4.10.